The highest BCUT2D eigenvalue weighted by Gasteiger charge is 2.23. The number of hydrogen-bond acceptors (Lipinski definition) is 5. The molecule has 0 amide bonds. The lowest BCUT2D eigenvalue weighted by atomic mass is 10.0. The van der Waals surface area contributed by atoms with Crippen LogP contribution in [0.4, 0.5) is 0 Å². The van der Waals surface area contributed by atoms with Gasteiger partial charge in [-0.3, -0.25) is 0 Å². The number of fused-ring (bicyclic) bond motifs is 1. The Hall–Kier alpha value is -3.51. The monoisotopic (exact) mass is 436 g/mol. The molecule has 31 heavy (non-hydrogen) atoms. The summed E-state index contributed by atoms with van der Waals surface area (Å²) < 4.78 is 6.81. The van der Waals surface area contributed by atoms with Crippen molar-refractivity contribution < 1.29 is 19.7 Å². The first kappa shape index (κ1) is 20.8. The van der Waals surface area contributed by atoms with E-state index in [-0.39, 0.29) is 28.5 Å². The summed E-state index contributed by atoms with van der Waals surface area (Å²) in [5.41, 5.74) is 1.45. The molecule has 7 heteroatoms. The van der Waals surface area contributed by atoms with Crippen molar-refractivity contribution in [3.05, 3.63) is 88.5 Å². The van der Waals surface area contributed by atoms with E-state index in [1.54, 1.807) is 6.20 Å². The molecule has 0 saturated heterocycles. The van der Waals surface area contributed by atoms with Crippen molar-refractivity contribution in [2.45, 2.75) is 19.4 Å². The molecular formula is C24H21ClN2O4. The number of aromatic hydroxyl groups is 2. The summed E-state index contributed by atoms with van der Waals surface area (Å²) in [5.74, 6) is -0.583. The predicted octanol–water partition coefficient (Wildman–Crippen LogP) is 4.72. The number of aromatic nitrogens is 2. The topological polar surface area (TPSA) is 84.6 Å². The molecule has 4 aromatic rings. The van der Waals surface area contributed by atoms with Crippen LogP contribution in [0.5, 0.6) is 11.5 Å². The number of imidazole rings is 1. The van der Waals surface area contributed by atoms with Gasteiger partial charge in [-0.15, -0.1) is 0 Å². The van der Waals surface area contributed by atoms with E-state index < -0.39 is 5.97 Å². The number of halogens is 1. The molecule has 0 saturated carbocycles. The van der Waals surface area contributed by atoms with Crippen LogP contribution >= 0.6 is 11.6 Å². The maximum absolute atomic E-state index is 12.2. The number of carbonyl (C=O) groups is 1. The molecule has 0 spiro atoms. The molecule has 0 bridgehead atoms. The Morgan fingerprint density at radius 2 is 1.87 bits per heavy atom. The van der Waals surface area contributed by atoms with Gasteiger partial charge in [-0.25, -0.2) is 9.78 Å². The third-order valence-corrected chi connectivity index (χ3v) is 5.75. The highest BCUT2D eigenvalue weighted by molar-refractivity contribution is 6.33. The number of benzene rings is 3. The summed E-state index contributed by atoms with van der Waals surface area (Å²) in [4.78, 5) is 16.6. The maximum Gasteiger partial charge on any atom is 0.341 e. The number of phenolic OH excluding ortho intramolecular Hbond substituents is 2. The number of carbonyl (C=O) groups excluding carboxylic acids is 1. The molecular weight excluding hydrogens is 416 g/mol. The number of rotatable bonds is 6. The van der Waals surface area contributed by atoms with Crippen molar-refractivity contribution in [1.29, 1.82) is 0 Å². The van der Waals surface area contributed by atoms with Gasteiger partial charge in [-0.2, -0.15) is 0 Å². The van der Waals surface area contributed by atoms with E-state index in [4.69, 9.17) is 16.3 Å². The Balaban J connectivity index is 1.62. The number of esters is 1. The fraction of sp³-hybridized carbons (Fsp3) is 0.167. The zero-order chi connectivity index (χ0) is 22.0. The quantitative estimate of drug-likeness (QED) is 0.427. The molecule has 2 N–H and O–H groups in total. The number of methoxy groups -OCH3 is 1. The van der Waals surface area contributed by atoms with Crippen molar-refractivity contribution in [3.8, 4) is 11.5 Å². The number of ether oxygens (including phenoxy) is 1. The second-order valence-corrected chi connectivity index (χ2v) is 7.56. The lowest BCUT2D eigenvalue weighted by Gasteiger charge is -2.14. The second kappa shape index (κ2) is 8.70. The Kier molecular flexibility index (Phi) is 5.82. The van der Waals surface area contributed by atoms with E-state index in [1.165, 1.54) is 23.4 Å². The van der Waals surface area contributed by atoms with Crippen LogP contribution in [-0.4, -0.2) is 32.8 Å². The molecule has 3 aromatic carbocycles. The third-order valence-electron chi connectivity index (χ3n) is 5.33. The van der Waals surface area contributed by atoms with Crippen LogP contribution in [0.1, 0.15) is 27.3 Å². The number of phenols is 2. The van der Waals surface area contributed by atoms with Crippen molar-refractivity contribution in [2.24, 2.45) is 0 Å². The Labute approximate surface area is 184 Å². The molecule has 1 aromatic heterocycles. The van der Waals surface area contributed by atoms with Gasteiger partial charge in [0.1, 0.15) is 22.9 Å². The molecule has 0 fully saturated rings. The average Bonchev–Trinajstić information content (AvgIpc) is 3.22. The summed E-state index contributed by atoms with van der Waals surface area (Å²) >= 11 is 6.25. The summed E-state index contributed by atoms with van der Waals surface area (Å²) in [6.07, 6.45) is 4.37. The molecule has 0 aliphatic carbocycles. The lowest BCUT2D eigenvalue weighted by molar-refractivity contribution is 0.0596. The highest BCUT2D eigenvalue weighted by atomic mass is 35.5. The first-order valence-electron chi connectivity index (χ1n) is 9.78. The number of hydrogen-bond donors (Lipinski definition) is 2. The van der Waals surface area contributed by atoms with Crippen LogP contribution < -0.4 is 0 Å². The van der Waals surface area contributed by atoms with Gasteiger partial charge in [0.05, 0.1) is 12.1 Å². The summed E-state index contributed by atoms with van der Waals surface area (Å²) in [6.45, 7) is 0.638. The fourth-order valence-corrected chi connectivity index (χ4v) is 4.05. The number of nitrogens with zero attached hydrogens (tertiary/aromatic N) is 2. The standard InChI is InChI=1S/C24H21ClN2O4/c1-31-24(30)22-18(23(25)20(29)13-19(22)28)9-10-21-26-11-12-27(21)14-16-7-4-6-15-5-2-3-8-17(15)16/h2-8,11-13,28-29H,9-10,14H2,1H3. The molecule has 0 atom stereocenters. The van der Waals surface area contributed by atoms with Crippen molar-refractivity contribution in [1.82, 2.24) is 9.55 Å². The van der Waals surface area contributed by atoms with Crippen molar-refractivity contribution in [3.63, 3.8) is 0 Å². The summed E-state index contributed by atoms with van der Waals surface area (Å²) in [7, 11) is 1.23. The van der Waals surface area contributed by atoms with Gasteiger partial charge < -0.3 is 19.5 Å². The van der Waals surface area contributed by atoms with Gasteiger partial charge in [-0.05, 0) is 28.3 Å². The van der Waals surface area contributed by atoms with Crippen LogP contribution in [0, 0.1) is 0 Å². The van der Waals surface area contributed by atoms with Gasteiger partial charge >= 0.3 is 5.97 Å². The molecule has 0 radical (unpaired) electrons. The van der Waals surface area contributed by atoms with E-state index in [1.807, 2.05) is 29.0 Å². The van der Waals surface area contributed by atoms with E-state index in [0.29, 0.717) is 18.5 Å². The van der Waals surface area contributed by atoms with Crippen molar-refractivity contribution in [2.75, 3.05) is 7.11 Å². The molecule has 6 nitrogen and oxygen atoms in total. The minimum Gasteiger partial charge on any atom is -0.507 e. The Bertz CT molecular complexity index is 1260. The van der Waals surface area contributed by atoms with Gasteiger partial charge in [-0.1, -0.05) is 54.1 Å². The minimum absolute atomic E-state index is 0.0189. The zero-order valence-electron chi connectivity index (χ0n) is 16.9. The summed E-state index contributed by atoms with van der Waals surface area (Å²) in [5, 5.41) is 22.5. The van der Waals surface area contributed by atoms with Crippen LogP contribution in [0.15, 0.2) is 60.9 Å². The molecule has 1 heterocycles. The van der Waals surface area contributed by atoms with Crippen LogP contribution in [0.3, 0.4) is 0 Å². The van der Waals surface area contributed by atoms with Crippen molar-refractivity contribution >= 4 is 28.3 Å². The van der Waals surface area contributed by atoms with E-state index in [9.17, 15) is 15.0 Å². The highest BCUT2D eigenvalue weighted by Crippen LogP contribution is 2.37. The molecule has 0 aliphatic heterocycles. The Morgan fingerprint density at radius 3 is 2.68 bits per heavy atom. The van der Waals surface area contributed by atoms with Gasteiger partial charge in [0, 0.05) is 31.4 Å². The summed E-state index contributed by atoms with van der Waals surface area (Å²) in [6, 6.07) is 15.5. The maximum atomic E-state index is 12.2. The Morgan fingerprint density at radius 1 is 1.10 bits per heavy atom. The average molecular weight is 437 g/mol. The minimum atomic E-state index is -0.714. The van der Waals surface area contributed by atoms with E-state index in [0.717, 1.165) is 11.9 Å². The van der Waals surface area contributed by atoms with Gasteiger partial charge in [0.2, 0.25) is 0 Å². The van der Waals surface area contributed by atoms with E-state index in [2.05, 4.69) is 29.2 Å². The smallest absolute Gasteiger partial charge is 0.341 e. The SMILES string of the molecule is COC(=O)c1c(O)cc(O)c(Cl)c1CCc1nccn1Cc1cccc2ccccc12. The van der Waals surface area contributed by atoms with Gasteiger partial charge in [0.15, 0.2) is 0 Å². The normalized spacial score (nSPS) is 11.0. The first-order chi connectivity index (χ1) is 15.0. The molecule has 0 aliphatic rings. The van der Waals surface area contributed by atoms with Crippen LogP contribution in [0.2, 0.25) is 5.02 Å². The van der Waals surface area contributed by atoms with E-state index >= 15 is 0 Å². The molecule has 4 rings (SSSR count). The van der Waals surface area contributed by atoms with Crippen LogP contribution in [0.25, 0.3) is 10.8 Å². The fourth-order valence-electron chi connectivity index (χ4n) is 3.81. The zero-order valence-corrected chi connectivity index (χ0v) is 17.6. The molecule has 158 valence electrons. The lowest BCUT2D eigenvalue weighted by Crippen LogP contribution is -2.10. The first-order valence-corrected chi connectivity index (χ1v) is 10.2. The van der Waals surface area contributed by atoms with Gasteiger partial charge in [0.25, 0.3) is 0 Å². The largest absolute Gasteiger partial charge is 0.507 e. The number of aryl methyl sites for hydroxylation is 1. The third kappa shape index (κ3) is 4.07. The van der Waals surface area contributed by atoms with Crippen LogP contribution in [-0.2, 0) is 24.1 Å². The second-order valence-electron chi connectivity index (χ2n) is 7.18. The predicted molar refractivity (Wildman–Crippen MR) is 119 cm³/mol. The molecule has 0 unspecified atom stereocenters.